The van der Waals surface area contributed by atoms with Crippen LogP contribution in [0.25, 0.3) is 0 Å². The molecule has 0 radical (unpaired) electrons. The van der Waals surface area contributed by atoms with Gasteiger partial charge in [0.05, 0.1) is 0 Å². The lowest BCUT2D eigenvalue weighted by atomic mass is 9.75. The summed E-state index contributed by atoms with van der Waals surface area (Å²) in [5.41, 5.74) is 0.149. The van der Waals surface area contributed by atoms with E-state index in [0.29, 0.717) is 0 Å². The van der Waals surface area contributed by atoms with Crippen molar-refractivity contribution in [2.75, 3.05) is 0 Å². The highest BCUT2D eigenvalue weighted by atomic mass is 16.4. The van der Waals surface area contributed by atoms with Crippen LogP contribution in [0.1, 0.15) is 39.0 Å². The van der Waals surface area contributed by atoms with Crippen molar-refractivity contribution < 1.29 is 9.90 Å². The summed E-state index contributed by atoms with van der Waals surface area (Å²) < 4.78 is 0. The van der Waals surface area contributed by atoms with Crippen LogP contribution in [0.2, 0.25) is 0 Å². The first-order chi connectivity index (χ1) is 5.62. The largest absolute Gasteiger partial charge is 0.478 e. The number of rotatable bonds is 2. The first-order valence-corrected chi connectivity index (χ1v) is 4.55. The summed E-state index contributed by atoms with van der Waals surface area (Å²) in [5, 5.41) is 8.47. The molecule has 0 aromatic rings. The summed E-state index contributed by atoms with van der Waals surface area (Å²) in [6.07, 6.45) is 9.19. The Hall–Kier alpha value is -0.790. The lowest BCUT2D eigenvalue weighted by molar-refractivity contribution is -0.131. The van der Waals surface area contributed by atoms with Crippen molar-refractivity contribution in [1.29, 1.82) is 0 Å². The van der Waals surface area contributed by atoms with Gasteiger partial charge in [-0.2, -0.15) is 0 Å². The molecule has 0 saturated heterocycles. The molecular weight excluding hydrogens is 152 g/mol. The molecule has 1 aliphatic rings. The van der Waals surface area contributed by atoms with Crippen LogP contribution in [0, 0.1) is 5.41 Å². The van der Waals surface area contributed by atoms with E-state index in [2.05, 4.69) is 6.92 Å². The number of hydrogen-bond donors (Lipinski definition) is 1. The van der Waals surface area contributed by atoms with E-state index in [1.165, 1.54) is 25.3 Å². The van der Waals surface area contributed by atoms with Gasteiger partial charge in [0.2, 0.25) is 0 Å². The molecule has 0 aromatic heterocycles. The summed E-state index contributed by atoms with van der Waals surface area (Å²) in [7, 11) is 0. The molecule has 0 spiro atoms. The molecule has 0 unspecified atom stereocenters. The number of hydrogen-bond acceptors (Lipinski definition) is 1. The van der Waals surface area contributed by atoms with Crippen LogP contribution in [0.3, 0.4) is 0 Å². The first kappa shape index (κ1) is 9.30. The molecule has 2 nitrogen and oxygen atoms in total. The average Bonchev–Trinajstić information content (AvgIpc) is 2.03. The second-order valence-corrected chi connectivity index (χ2v) is 3.89. The predicted octanol–water partition coefficient (Wildman–Crippen LogP) is 2.60. The van der Waals surface area contributed by atoms with Crippen molar-refractivity contribution in [3.05, 3.63) is 12.2 Å². The fourth-order valence-electron chi connectivity index (χ4n) is 1.80. The van der Waals surface area contributed by atoms with E-state index in [1.54, 1.807) is 0 Å². The normalized spacial score (nSPS) is 22.8. The third kappa shape index (κ3) is 2.68. The maximum absolute atomic E-state index is 10.3. The summed E-state index contributed by atoms with van der Waals surface area (Å²) in [6.45, 7) is 2.14. The van der Waals surface area contributed by atoms with E-state index in [-0.39, 0.29) is 5.41 Å². The van der Waals surface area contributed by atoms with Crippen molar-refractivity contribution in [2.45, 2.75) is 39.0 Å². The molecule has 1 fully saturated rings. The number of carboxylic acid groups (broad SMARTS) is 1. The van der Waals surface area contributed by atoms with Crippen molar-refractivity contribution in [2.24, 2.45) is 5.41 Å². The number of carbonyl (C=O) groups is 1. The summed E-state index contributed by atoms with van der Waals surface area (Å²) in [6, 6.07) is 0. The zero-order chi connectivity index (χ0) is 9.03. The molecule has 0 amide bonds. The first-order valence-electron chi connectivity index (χ1n) is 4.55. The number of allylic oxidation sites excluding steroid dienone is 1. The molecule has 1 saturated carbocycles. The van der Waals surface area contributed by atoms with Gasteiger partial charge in [-0.15, -0.1) is 0 Å². The predicted molar refractivity (Wildman–Crippen MR) is 48.0 cm³/mol. The molecule has 2 heteroatoms. The van der Waals surface area contributed by atoms with Crippen molar-refractivity contribution in [1.82, 2.24) is 0 Å². The SMILES string of the molecule is CC1(/C=C/C(=O)O)CCCCC1. The standard InChI is InChI=1S/C10H16O2/c1-10(8-5-9(11)12)6-3-2-4-7-10/h5,8H,2-4,6-7H2,1H3,(H,11,12)/b8-5+. The third-order valence-electron chi connectivity index (χ3n) is 2.62. The molecule has 0 aliphatic heterocycles. The summed E-state index contributed by atoms with van der Waals surface area (Å²) >= 11 is 0. The molecule has 1 aliphatic carbocycles. The molecule has 0 atom stereocenters. The van der Waals surface area contributed by atoms with Crippen LogP contribution in [-0.2, 0) is 4.79 Å². The Balaban J connectivity index is 2.52. The molecule has 1 rings (SSSR count). The Kier molecular flexibility index (Phi) is 2.90. The van der Waals surface area contributed by atoms with Crippen molar-refractivity contribution in [3.8, 4) is 0 Å². The molecule has 12 heavy (non-hydrogen) atoms. The van der Waals surface area contributed by atoms with Crippen molar-refractivity contribution >= 4 is 5.97 Å². The second kappa shape index (κ2) is 3.74. The van der Waals surface area contributed by atoms with E-state index >= 15 is 0 Å². The highest BCUT2D eigenvalue weighted by Gasteiger charge is 2.23. The van der Waals surface area contributed by atoms with Gasteiger partial charge in [0.25, 0.3) is 0 Å². The van der Waals surface area contributed by atoms with Gasteiger partial charge in [-0.05, 0) is 18.3 Å². The highest BCUT2D eigenvalue weighted by Crippen LogP contribution is 2.36. The lowest BCUT2D eigenvalue weighted by Crippen LogP contribution is -2.17. The van der Waals surface area contributed by atoms with Gasteiger partial charge in [-0.1, -0.05) is 32.3 Å². The minimum Gasteiger partial charge on any atom is -0.478 e. The van der Waals surface area contributed by atoms with Crippen LogP contribution >= 0.6 is 0 Å². The van der Waals surface area contributed by atoms with Gasteiger partial charge in [0.15, 0.2) is 0 Å². The minimum atomic E-state index is -0.832. The Morgan fingerprint density at radius 1 is 1.33 bits per heavy atom. The molecular formula is C10H16O2. The van der Waals surface area contributed by atoms with E-state index in [1.807, 2.05) is 6.08 Å². The number of carboxylic acids is 1. The van der Waals surface area contributed by atoms with Crippen LogP contribution in [0.5, 0.6) is 0 Å². The van der Waals surface area contributed by atoms with Crippen LogP contribution < -0.4 is 0 Å². The Morgan fingerprint density at radius 3 is 2.42 bits per heavy atom. The molecule has 0 aromatic carbocycles. The maximum atomic E-state index is 10.3. The summed E-state index contributed by atoms with van der Waals surface area (Å²) in [4.78, 5) is 10.3. The van der Waals surface area contributed by atoms with E-state index in [9.17, 15) is 4.79 Å². The fourth-order valence-corrected chi connectivity index (χ4v) is 1.80. The molecule has 0 bridgehead atoms. The monoisotopic (exact) mass is 168 g/mol. The third-order valence-corrected chi connectivity index (χ3v) is 2.62. The Bertz CT molecular complexity index is 188. The molecule has 0 heterocycles. The topological polar surface area (TPSA) is 37.3 Å². The van der Waals surface area contributed by atoms with Gasteiger partial charge in [-0.25, -0.2) is 4.79 Å². The molecule has 1 N–H and O–H groups in total. The minimum absolute atomic E-state index is 0.149. The summed E-state index contributed by atoms with van der Waals surface area (Å²) in [5.74, 6) is -0.832. The Morgan fingerprint density at radius 2 is 1.92 bits per heavy atom. The maximum Gasteiger partial charge on any atom is 0.327 e. The van der Waals surface area contributed by atoms with Gasteiger partial charge < -0.3 is 5.11 Å². The van der Waals surface area contributed by atoms with E-state index < -0.39 is 5.97 Å². The van der Waals surface area contributed by atoms with Crippen LogP contribution in [-0.4, -0.2) is 11.1 Å². The van der Waals surface area contributed by atoms with E-state index in [0.717, 1.165) is 12.8 Å². The molecule has 68 valence electrons. The van der Waals surface area contributed by atoms with Crippen LogP contribution in [0.15, 0.2) is 12.2 Å². The number of aliphatic carboxylic acids is 1. The zero-order valence-electron chi connectivity index (χ0n) is 7.55. The van der Waals surface area contributed by atoms with Gasteiger partial charge >= 0.3 is 5.97 Å². The van der Waals surface area contributed by atoms with Gasteiger partial charge in [0.1, 0.15) is 0 Å². The van der Waals surface area contributed by atoms with Crippen molar-refractivity contribution in [3.63, 3.8) is 0 Å². The van der Waals surface area contributed by atoms with Gasteiger partial charge in [-0.3, -0.25) is 0 Å². The van der Waals surface area contributed by atoms with Gasteiger partial charge in [0, 0.05) is 6.08 Å². The zero-order valence-corrected chi connectivity index (χ0v) is 7.55. The second-order valence-electron chi connectivity index (χ2n) is 3.89. The van der Waals surface area contributed by atoms with Crippen LogP contribution in [0.4, 0.5) is 0 Å². The average molecular weight is 168 g/mol. The smallest absolute Gasteiger partial charge is 0.327 e. The lowest BCUT2D eigenvalue weighted by Gasteiger charge is -2.30. The van der Waals surface area contributed by atoms with E-state index in [4.69, 9.17) is 5.11 Å². The Labute approximate surface area is 73.3 Å². The quantitative estimate of drug-likeness (QED) is 0.643. The fraction of sp³-hybridized carbons (Fsp3) is 0.700. The highest BCUT2D eigenvalue weighted by molar-refractivity contribution is 5.79.